The Morgan fingerprint density at radius 2 is 2.12 bits per heavy atom. The number of aromatic amines is 1. The molecule has 3 heterocycles. The van der Waals surface area contributed by atoms with Crippen molar-refractivity contribution >= 4 is 5.65 Å². The fourth-order valence-corrected chi connectivity index (χ4v) is 3.32. The number of aromatic nitrogens is 5. The number of hydrogen-bond donors (Lipinski definition) is 2. The van der Waals surface area contributed by atoms with Crippen LogP contribution >= 0.6 is 0 Å². The molecule has 8 heteroatoms. The molecule has 0 saturated heterocycles. The highest BCUT2D eigenvalue weighted by Crippen LogP contribution is 2.33. The number of rotatable bonds is 3. The highest BCUT2D eigenvalue weighted by atomic mass is 16.3. The zero-order chi connectivity index (χ0) is 17.7. The molecule has 0 radical (unpaired) electrons. The van der Waals surface area contributed by atoms with Crippen LogP contribution in [-0.4, -0.2) is 35.6 Å². The maximum Gasteiger partial charge on any atom is 0.278 e. The van der Waals surface area contributed by atoms with Crippen molar-refractivity contribution in [2.45, 2.75) is 44.8 Å². The molecule has 3 aromatic rings. The van der Waals surface area contributed by atoms with E-state index < -0.39 is 0 Å². The van der Waals surface area contributed by atoms with Crippen LogP contribution in [0.2, 0.25) is 0 Å². The van der Waals surface area contributed by atoms with Crippen molar-refractivity contribution in [1.82, 2.24) is 24.4 Å². The zero-order valence-corrected chi connectivity index (χ0v) is 14.0. The van der Waals surface area contributed by atoms with Crippen LogP contribution in [0.25, 0.3) is 16.9 Å². The highest BCUT2D eigenvalue weighted by Gasteiger charge is 2.29. The van der Waals surface area contributed by atoms with E-state index in [9.17, 15) is 15.2 Å². The molecule has 2 N–H and O–H groups in total. The van der Waals surface area contributed by atoms with Crippen LogP contribution in [0, 0.1) is 11.3 Å². The van der Waals surface area contributed by atoms with Gasteiger partial charge in [-0.15, -0.1) is 0 Å². The lowest BCUT2D eigenvalue weighted by Gasteiger charge is -2.31. The van der Waals surface area contributed by atoms with Gasteiger partial charge in [0.15, 0.2) is 5.65 Å². The van der Waals surface area contributed by atoms with Crippen molar-refractivity contribution < 1.29 is 5.11 Å². The van der Waals surface area contributed by atoms with E-state index in [1.807, 2.05) is 30.8 Å². The van der Waals surface area contributed by atoms with Gasteiger partial charge in [-0.2, -0.15) is 20.0 Å². The van der Waals surface area contributed by atoms with E-state index in [2.05, 4.69) is 15.2 Å². The second kappa shape index (κ2) is 5.57. The van der Waals surface area contributed by atoms with E-state index >= 15 is 0 Å². The molecule has 0 aliphatic heterocycles. The maximum atomic E-state index is 12.9. The molecule has 0 atom stereocenters. The molecule has 25 heavy (non-hydrogen) atoms. The number of aliphatic hydroxyl groups excluding tert-OH is 1. The number of nitrogens with zero attached hydrogens (tertiary/aromatic N) is 5. The van der Waals surface area contributed by atoms with Gasteiger partial charge in [0, 0.05) is 17.3 Å². The molecular formula is C17H18N6O2. The lowest BCUT2D eigenvalue weighted by molar-refractivity contribution is 0.0434. The fourth-order valence-electron chi connectivity index (χ4n) is 3.32. The van der Waals surface area contributed by atoms with E-state index in [0.717, 1.165) is 5.56 Å². The standard InChI is InChI=1S/C17H18N6O2/c1-9(2)14-15(11-7-19-22(8-11)12-3-13(24)4-12)21-16-10(5-18)6-20-23(16)17(14)25/h6-9,12-13,21,24H,3-4H2,1-2H3/t12-,13+. The van der Waals surface area contributed by atoms with Gasteiger partial charge in [-0.3, -0.25) is 9.48 Å². The van der Waals surface area contributed by atoms with Crippen molar-refractivity contribution in [3.8, 4) is 17.3 Å². The molecule has 1 aliphatic carbocycles. The van der Waals surface area contributed by atoms with Crippen LogP contribution < -0.4 is 5.56 Å². The largest absolute Gasteiger partial charge is 0.393 e. The summed E-state index contributed by atoms with van der Waals surface area (Å²) < 4.78 is 3.07. The summed E-state index contributed by atoms with van der Waals surface area (Å²) in [4.78, 5) is 16.1. The predicted molar refractivity (Wildman–Crippen MR) is 90.1 cm³/mol. The monoisotopic (exact) mass is 338 g/mol. The SMILES string of the molecule is CC(C)c1c(-c2cnn([C@H]3C[C@@H](O)C3)c2)[nH]c2c(C#N)cnn2c1=O. The summed E-state index contributed by atoms with van der Waals surface area (Å²) >= 11 is 0. The third-order valence-electron chi connectivity index (χ3n) is 4.76. The van der Waals surface area contributed by atoms with Crippen LogP contribution in [0.5, 0.6) is 0 Å². The number of aliphatic hydroxyl groups is 1. The third-order valence-corrected chi connectivity index (χ3v) is 4.76. The number of fused-ring (bicyclic) bond motifs is 1. The summed E-state index contributed by atoms with van der Waals surface area (Å²) in [5.74, 6) is -0.0215. The lowest BCUT2D eigenvalue weighted by Crippen LogP contribution is -2.31. The Kier molecular flexibility index (Phi) is 3.47. The first-order chi connectivity index (χ1) is 12.0. The Balaban J connectivity index is 1.89. The molecule has 0 spiro atoms. The first kappa shape index (κ1) is 15.6. The average Bonchev–Trinajstić information content (AvgIpc) is 3.18. The molecule has 1 fully saturated rings. The molecule has 128 valence electrons. The van der Waals surface area contributed by atoms with Crippen molar-refractivity contribution in [3.05, 3.63) is 40.1 Å². The summed E-state index contributed by atoms with van der Waals surface area (Å²) in [6.45, 7) is 3.89. The van der Waals surface area contributed by atoms with Gasteiger partial charge in [-0.25, -0.2) is 0 Å². The Hall–Kier alpha value is -2.92. The smallest absolute Gasteiger partial charge is 0.278 e. The molecule has 1 saturated carbocycles. The first-order valence-corrected chi connectivity index (χ1v) is 8.26. The molecule has 0 aromatic carbocycles. The second-order valence-corrected chi connectivity index (χ2v) is 6.79. The van der Waals surface area contributed by atoms with Gasteiger partial charge in [-0.1, -0.05) is 13.8 Å². The van der Waals surface area contributed by atoms with Crippen molar-refractivity contribution in [2.75, 3.05) is 0 Å². The van der Waals surface area contributed by atoms with E-state index in [4.69, 9.17) is 0 Å². The molecule has 3 aromatic heterocycles. The topological polar surface area (TPSA) is 112 Å². The highest BCUT2D eigenvalue weighted by molar-refractivity contribution is 5.67. The number of H-pyrrole nitrogens is 1. The lowest BCUT2D eigenvalue weighted by atomic mass is 9.90. The Bertz CT molecular complexity index is 1050. The average molecular weight is 338 g/mol. The van der Waals surface area contributed by atoms with Crippen LogP contribution in [0.4, 0.5) is 0 Å². The Morgan fingerprint density at radius 3 is 2.76 bits per heavy atom. The molecule has 0 amide bonds. The van der Waals surface area contributed by atoms with Gasteiger partial charge in [0.25, 0.3) is 5.56 Å². The van der Waals surface area contributed by atoms with E-state index in [-0.39, 0.29) is 23.6 Å². The molecule has 8 nitrogen and oxygen atoms in total. The summed E-state index contributed by atoms with van der Waals surface area (Å²) in [7, 11) is 0. The van der Waals surface area contributed by atoms with E-state index in [1.54, 1.807) is 6.20 Å². The summed E-state index contributed by atoms with van der Waals surface area (Å²) in [5.41, 5.74) is 2.53. The fraction of sp³-hybridized carbons (Fsp3) is 0.412. The molecule has 1 aliphatic rings. The molecule has 0 bridgehead atoms. The zero-order valence-electron chi connectivity index (χ0n) is 14.0. The third kappa shape index (κ3) is 2.36. The maximum absolute atomic E-state index is 12.9. The molecule has 0 unspecified atom stereocenters. The number of hydrogen-bond acceptors (Lipinski definition) is 5. The van der Waals surface area contributed by atoms with Gasteiger partial charge < -0.3 is 10.1 Å². The first-order valence-electron chi connectivity index (χ1n) is 8.26. The van der Waals surface area contributed by atoms with Crippen molar-refractivity contribution in [2.24, 2.45) is 0 Å². The minimum Gasteiger partial charge on any atom is -0.393 e. The summed E-state index contributed by atoms with van der Waals surface area (Å²) in [6.07, 6.45) is 6.10. The normalized spacial score (nSPS) is 20.0. The van der Waals surface area contributed by atoms with Crippen LogP contribution in [0.15, 0.2) is 23.4 Å². The van der Waals surface area contributed by atoms with Crippen molar-refractivity contribution in [3.63, 3.8) is 0 Å². The quantitative estimate of drug-likeness (QED) is 0.753. The van der Waals surface area contributed by atoms with Gasteiger partial charge >= 0.3 is 0 Å². The summed E-state index contributed by atoms with van der Waals surface area (Å²) in [5, 5.41) is 27.1. The number of nitriles is 1. The Morgan fingerprint density at radius 1 is 1.36 bits per heavy atom. The van der Waals surface area contributed by atoms with E-state index in [0.29, 0.717) is 35.3 Å². The van der Waals surface area contributed by atoms with Crippen molar-refractivity contribution in [1.29, 1.82) is 5.26 Å². The Labute approximate surface area is 143 Å². The van der Waals surface area contributed by atoms with Crippen LogP contribution in [0.3, 0.4) is 0 Å². The summed E-state index contributed by atoms with van der Waals surface area (Å²) in [6, 6.07) is 2.24. The molecule has 4 rings (SSSR count). The van der Waals surface area contributed by atoms with Gasteiger partial charge in [0.1, 0.15) is 11.6 Å². The van der Waals surface area contributed by atoms with E-state index in [1.165, 1.54) is 10.7 Å². The van der Waals surface area contributed by atoms with Crippen LogP contribution in [-0.2, 0) is 0 Å². The van der Waals surface area contributed by atoms with Gasteiger partial charge in [0.2, 0.25) is 0 Å². The minimum absolute atomic E-state index is 0.0215. The predicted octanol–water partition coefficient (Wildman–Crippen LogP) is 1.58. The van der Waals surface area contributed by atoms with Crippen LogP contribution in [0.1, 0.15) is 49.8 Å². The minimum atomic E-state index is -0.259. The molecular weight excluding hydrogens is 320 g/mol. The number of nitrogens with one attached hydrogen (secondary N) is 1. The van der Waals surface area contributed by atoms with Gasteiger partial charge in [0.05, 0.1) is 30.2 Å². The van der Waals surface area contributed by atoms with Gasteiger partial charge in [-0.05, 0) is 18.8 Å². The second-order valence-electron chi connectivity index (χ2n) is 6.79.